The molecule has 5 aromatic rings. The van der Waals surface area contributed by atoms with Crippen molar-refractivity contribution >= 4 is 17.7 Å². The van der Waals surface area contributed by atoms with Crippen LogP contribution in [0.2, 0.25) is 0 Å². The number of carbonyl (C=O) groups excluding carboxylic acids is 1. The van der Waals surface area contributed by atoms with Crippen LogP contribution in [-0.4, -0.2) is 36.4 Å². The molecular weight excluding hydrogens is 424 g/mol. The summed E-state index contributed by atoms with van der Waals surface area (Å²) in [6.45, 7) is -0.225. The number of rotatable bonds is 7. The van der Waals surface area contributed by atoms with Gasteiger partial charge in [0.05, 0.1) is 6.26 Å². The highest BCUT2D eigenvalue weighted by Crippen LogP contribution is 2.22. The van der Waals surface area contributed by atoms with Crippen molar-refractivity contribution in [2.45, 2.75) is 6.61 Å². The fourth-order valence-corrected chi connectivity index (χ4v) is 3.04. The summed E-state index contributed by atoms with van der Waals surface area (Å²) >= 11 is 0. The standard InChI is InChI=1S/C23H16N6O4/c30-23(32-15-20-24-26-22(33-20)17-10-5-2-6-11-17)19(14-18-12-7-13-31-18)29-21(25-27-28-29)16-8-3-1-4-9-16/h1-14H,15H2/b19-14-. The molecule has 10 nitrogen and oxygen atoms in total. The zero-order valence-electron chi connectivity index (χ0n) is 17.1. The van der Waals surface area contributed by atoms with Crippen LogP contribution in [0.3, 0.4) is 0 Å². The molecular formula is C23H16N6O4. The van der Waals surface area contributed by atoms with Crippen molar-refractivity contribution in [3.63, 3.8) is 0 Å². The molecule has 10 heteroatoms. The van der Waals surface area contributed by atoms with E-state index in [1.165, 1.54) is 17.0 Å². The first-order valence-electron chi connectivity index (χ1n) is 9.92. The van der Waals surface area contributed by atoms with E-state index in [1.807, 2.05) is 60.7 Å². The van der Waals surface area contributed by atoms with Crippen molar-refractivity contribution in [3.05, 3.63) is 90.7 Å². The molecule has 162 valence electrons. The van der Waals surface area contributed by atoms with Crippen LogP contribution >= 0.6 is 0 Å². The average Bonchev–Trinajstić information content (AvgIpc) is 3.64. The molecule has 3 heterocycles. The minimum atomic E-state index is -0.699. The average molecular weight is 440 g/mol. The van der Waals surface area contributed by atoms with Crippen LogP contribution in [0, 0.1) is 0 Å². The number of aromatic nitrogens is 6. The summed E-state index contributed by atoms with van der Waals surface area (Å²) in [5.41, 5.74) is 1.55. The Bertz CT molecular complexity index is 1370. The maximum absolute atomic E-state index is 13.1. The first-order valence-corrected chi connectivity index (χ1v) is 9.92. The Balaban J connectivity index is 1.40. The lowest BCUT2D eigenvalue weighted by molar-refractivity contribution is -0.138. The Labute approximate surface area is 187 Å². The second-order valence-electron chi connectivity index (χ2n) is 6.77. The van der Waals surface area contributed by atoms with Crippen LogP contribution in [0.4, 0.5) is 0 Å². The van der Waals surface area contributed by atoms with Gasteiger partial charge in [0, 0.05) is 17.2 Å². The van der Waals surface area contributed by atoms with Crippen molar-refractivity contribution in [2.24, 2.45) is 0 Å². The van der Waals surface area contributed by atoms with Gasteiger partial charge in [0.2, 0.25) is 5.89 Å². The molecule has 0 aliphatic rings. The zero-order chi connectivity index (χ0) is 22.5. The summed E-state index contributed by atoms with van der Waals surface area (Å²) in [4.78, 5) is 13.1. The summed E-state index contributed by atoms with van der Waals surface area (Å²) in [7, 11) is 0. The van der Waals surface area contributed by atoms with Gasteiger partial charge in [0.25, 0.3) is 5.89 Å². The summed E-state index contributed by atoms with van der Waals surface area (Å²) in [6, 6.07) is 21.9. The quantitative estimate of drug-likeness (QED) is 0.275. The minimum Gasteiger partial charge on any atom is -0.465 e. The first kappa shape index (κ1) is 20.1. The number of tetrazole rings is 1. The van der Waals surface area contributed by atoms with E-state index in [1.54, 1.807) is 12.1 Å². The third-order valence-electron chi connectivity index (χ3n) is 4.58. The highest BCUT2D eigenvalue weighted by Gasteiger charge is 2.22. The van der Waals surface area contributed by atoms with Crippen LogP contribution < -0.4 is 0 Å². The van der Waals surface area contributed by atoms with Crippen molar-refractivity contribution in [3.8, 4) is 22.8 Å². The molecule has 0 saturated heterocycles. The number of benzene rings is 2. The van der Waals surface area contributed by atoms with Gasteiger partial charge in [-0.15, -0.1) is 15.3 Å². The molecule has 0 amide bonds. The van der Waals surface area contributed by atoms with Crippen LogP contribution in [-0.2, 0) is 16.1 Å². The second kappa shape index (κ2) is 9.10. The Morgan fingerprint density at radius 1 is 0.909 bits per heavy atom. The molecule has 0 unspecified atom stereocenters. The van der Waals surface area contributed by atoms with Gasteiger partial charge in [-0.05, 0) is 34.7 Å². The molecule has 0 spiro atoms. The monoisotopic (exact) mass is 440 g/mol. The second-order valence-corrected chi connectivity index (χ2v) is 6.77. The summed E-state index contributed by atoms with van der Waals surface area (Å²) in [5, 5.41) is 19.7. The molecule has 33 heavy (non-hydrogen) atoms. The minimum absolute atomic E-state index is 0.0524. The SMILES string of the molecule is O=C(OCc1nnc(-c2ccccc2)o1)/C(=C/c1ccco1)n1nnnc1-c1ccccc1. The fraction of sp³-hybridized carbons (Fsp3) is 0.0435. The van der Waals surface area contributed by atoms with E-state index in [4.69, 9.17) is 13.6 Å². The van der Waals surface area contributed by atoms with Gasteiger partial charge in [-0.25, -0.2) is 4.79 Å². The van der Waals surface area contributed by atoms with Gasteiger partial charge in [0.1, 0.15) is 5.76 Å². The lowest BCUT2D eigenvalue weighted by Gasteiger charge is -2.08. The topological polar surface area (TPSA) is 122 Å². The van der Waals surface area contributed by atoms with E-state index in [9.17, 15) is 4.79 Å². The number of hydrogen-bond donors (Lipinski definition) is 0. The largest absolute Gasteiger partial charge is 0.465 e. The van der Waals surface area contributed by atoms with E-state index in [0.29, 0.717) is 17.5 Å². The maximum Gasteiger partial charge on any atom is 0.357 e. The number of ether oxygens (including phenoxy) is 1. The van der Waals surface area contributed by atoms with E-state index in [-0.39, 0.29) is 18.2 Å². The van der Waals surface area contributed by atoms with Crippen molar-refractivity contribution in [1.82, 2.24) is 30.4 Å². The lowest BCUT2D eigenvalue weighted by atomic mass is 10.2. The highest BCUT2D eigenvalue weighted by molar-refractivity contribution is 6.15. The van der Waals surface area contributed by atoms with Gasteiger partial charge in [0.15, 0.2) is 18.1 Å². The fourth-order valence-electron chi connectivity index (χ4n) is 3.04. The Hall–Kier alpha value is -4.86. The first-order chi connectivity index (χ1) is 16.3. The highest BCUT2D eigenvalue weighted by atomic mass is 16.5. The van der Waals surface area contributed by atoms with Crippen molar-refractivity contribution < 1.29 is 18.4 Å². The summed E-state index contributed by atoms with van der Waals surface area (Å²) in [5.74, 6) is 0.588. The predicted octanol–water partition coefficient (Wildman–Crippen LogP) is 3.72. The molecule has 0 N–H and O–H groups in total. The normalized spacial score (nSPS) is 11.5. The number of nitrogens with zero attached hydrogens (tertiary/aromatic N) is 6. The van der Waals surface area contributed by atoms with Crippen LogP contribution in [0.25, 0.3) is 34.6 Å². The van der Waals surface area contributed by atoms with Crippen molar-refractivity contribution in [2.75, 3.05) is 0 Å². The van der Waals surface area contributed by atoms with Crippen LogP contribution in [0.15, 0.2) is 87.9 Å². The van der Waals surface area contributed by atoms with Crippen molar-refractivity contribution in [1.29, 1.82) is 0 Å². The lowest BCUT2D eigenvalue weighted by Crippen LogP contribution is -2.15. The zero-order valence-corrected chi connectivity index (χ0v) is 17.1. The number of esters is 1. The van der Waals surface area contributed by atoms with E-state index >= 15 is 0 Å². The van der Waals surface area contributed by atoms with Gasteiger partial charge < -0.3 is 13.6 Å². The molecule has 2 aromatic carbocycles. The maximum atomic E-state index is 13.1. The molecule has 5 rings (SSSR count). The Morgan fingerprint density at radius 3 is 2.39 bits per heavy atom. The third-order valence-corrected chi connectivity index (χ3v) is 4.58. The summed E-state index contributed by atoms with van der Waals surface area (Å²) in [6.07, 6.45) is 2.99. The van der Waals surface area contributed by atoms with Gasteiger partial charge in [-0.1, -0.05) is 48.5 Å². The Kier molecular flexibility index (Phi) is 5.53. The predicted molar refractivity (Wildman–Crippen MR) is 116 cm³/mol. The van der Waals surface area contributed by atoms with Crippen LogP contribution in [0.1, 0.15) is 11.7 Å². The molecule has 3 aromatic heterocycles. The molecule has 0 atom stereocenters. The van der Waals surface area contributed by atoms with E-state index in [2.05, 4.69) is 25.7 Å². The number of hydrogen-bond acceptors (Lipinski definition) is 9. The number of furan rings is 1. The Morgan fingerprint density at radius 2 is 1.67 bits per heavy atom. The molecule has 0 radical (unpaired) electrons. The molecule has 0 aliphatic heterocycles. The van der Waals surface area contributed by atoms with Gasteiger partial charge >= 0.3 is 5.97 Å². The molecule has 0 saturated carbocycles. The van der Waals surface area contributed by atoms with Gasteiger partial charge in [-0.3, -0.25) is 0 Å². The molecule has 0 fully saturated rings. The number of carbonyl (C=O) groups is 1. The van der Waals surface area contributed by atoms with Gasteiger partial charge in [-0.2, -0.15) is 4.68 Å². The smallest absolute Gasteiger partial charge is 0.357 e. The third kappa shape index (κ3) is 4.44. The van der Waals surface area contributed by atoms with E-state index in [0.717, 1.165) is 11.1 Å². The summed E-state index contributed by atoms with van der Waals surface area (Å²) < 4.78 is 17.7. The van der Waals surface area contributed by atoms with E-state index < -0.39 is 5.97 Å². The van der Waals surface area contributed by atoms with Crippen LogP contribution in [0.5, 0.6) is 0 Å². The molecule has 0 bridgehead atoms. The molecule has 0 aliphatic carbocycles.